The van der Waals surface area contributed by atoms with E-state index in [1.807, 2.05) is 0 Å². The Balaban J connectivity index is 0.000000359. The van der Waals surface area contributed by atoms with Crippen molar-refractivity contribution in [2.75, 3.05) is 18.1 Å². The molecule has 9 heteroatoms. The highest BCUT2D eigenvalue weighted by Gasteiger charge is 2.36. The maximum atomic E-state index is 10.7. The van der Waals surface area contributed by atoms with Crippen LogP contribution in [0.15, 0.2) is 17.0 Å². The third-order valence-corrected chi connectivity index (χ3v) is 6.86. The molecule has 1 aliphatic rings. The number of ether oxygens (including phenoxy) is 1. The van der Waals surface area contributed by atoms with Gasteiger partial charge in [-0.05, 0) is 56.4 Å². The van der Waals surface area contributed by atoms with Crippen LogP contribution in [0, 0.1) is 13.8 Å². The van der Waals surface area contributed by atoms with E-state index in [0.717, 1.165) is 18.8 Å². The topological polar surface area (TPSA) is 66.4 Å². The fourth-order valence-corrected chi connectivity index (χ4v) is 4.98. The molecule has 1 aromatic rings. The summed E-state index contributed by atoms with van der Waals surface area (Å²) in [6, 6.07) is 4.73. The van der Waals surface area contributed by atoms with Crippen LogP contribution >= 0.6 is 0 Å². The van der Waals surface area contributed by atoms with Gasteiger partial charge in [-0.3, -0.25) is 0 Å². The van der Waals surface area contributed by atoms with Gasteiger partial charge in [-0.25, -0.2) is 8.42 Å². The summed E-state index contributed by atoms with van der Waals surface area (Å²) < 4.78 is 64.8. The third kappa shape index (κ3) is 7.00. The first-order chi connectivity index (χ1) is 12.0. The molecule has 2 rings (SSSR count). The molecule has 0 aliphatic carbocycles. The van der Waals surface area contributed by atoms with E-state index < -0.39 is 15.6 Å². The highest BCUT2D eigenvalue weighted by atomic mass is 32.2. The maximum absolute atomic E-state index is 10.7. The average Bonchev–Trinajstić information content (AvgIpc) is 3.03. The zero-order chi connectivity index (χ0) is 20.0. The second-order valence-electron chi connectivity index (χ2n) is 6.10. The minimum absolute atomic E-state index is 0.518. The van der Waals surface area contributed by atoms with Crippen LogP contribution in [0.1, 0.15) is 43.7 Å². The normalized spacial score (nSPS) is 15.5. The molecular weight excluding hydrogens is 389 g/mol. The van der Waals surface area contributed by atoms with Crippen molar-refractivity contribution in [3.05, 3.63) is 23.3 Å². The summed E-state index contributed by atoms with van der Waals surface area (Å²) in [4.78, 5) is 1.56. The largest absolute Gasteiger partial charge is 0.741 e. The lowest BCUT2D eigenvalue weighted by molar-refractivity contribution is -0.0517. The van der Waals surface area contributed by atoms with Crippen molar-refractivity contribution < 1.29 is 30.9 Å². The van der Waals surface area contributed by atoms with Crippen LogP contribution in [0.4, 0.5) is 13.2 Å². The van der Waals surface area contributed by atoms with E-state index in [1.54, 1.807) is 4.90 Å². The van der Waals surface area contributed by atoms with Gasteiger partial charge >= 0.3 is 5.51 Å². The molecule has 0 saturated carbocycles. The molecule has 0 unspecified atom stereocenters. The predicted octanol–water partition coefficient (Wildman–Crippen LogP) is 4.30. The summed E-state index contributed by atoms with van der Waals surface area (Å²) in [5, 5.41) is 0. The fraction of sp³-hybridized carbons (Fsp3) is 0.647. The van der Waals surface area contributed by atoms with E-state index in [-0.39, 0.29) is 0 Å². The number of hydrogen-bond acceptors (Lipinski definition) is 4. The summed E-state index contributed by atoms with van der Waals surface area (Å²) in [5.74, 6) is 3.92. The van der Waals surface area contributed by atoms with Crippen molar-refractivity contribution in [2.24, 2.45) is 0 Å². The van der Waals surface area contributed by atoms with Crippen LogP contribution in [0.3, 0.4) is 0 Å². The molecule has 0 spiro atoms. The fourth-order valence-electron chi connectivity index (χ4n) is 2.51. The molecule has 1 fully saturated rings. The molecule has 0 amide bonds. The number of halogens is 3. The Bertz CT molecular complexity index is 659. The monoisotopic (exact) mass is 414 g/mol. The van der Waals surface area contributed by atoms with Crippen molar-refractivity contribution in [2.45, 2.75) is 56.9 Å². The first kappa shape index (κ1) is 23.1. The molecule has 0 radical (unpaired) electrons. The second-order valence-corrected chi connectivity index (χ2v) is 9.74. The van der Waals surface area contributed by atoms with Gasteiger partial charge in [-0.15, -0.1) is 0 Å². The molecule has 26 heavy (non-hydrogen) atoms. The quantitative estimate of drug-likeness (QED) is 0.312. The number of alkyl halides is 3. The molecule has 0 aromatic heterocycles. The highest BCUT2D eigenvalue weighted by molar-refractivity contribution is 7.97. The SMILES string of the molecule is CCCCOc1c(C)cc([S+]2CCCC2)cc1C.O=S(=O)([O-])C(F)(F)F. The minimum Gasteiger partial charge on any atom is -0.741 e. The van der Waals surface area contributed by atoms with E-state index in [9.17, 15) is 13.2 Å². The molecule has 1 aromatic carbocycles. The van der Waals surface area contributed by atoms with Gasteiger partial charge in [-0.1, -0.05) is 13.3 Å². The molecule has 0 N–H and O–H groups in total. The molecular formula is C17H25F3O4S2. The van der Waals surface area contributed by atoms with Crippen LogP contribution in [-0.2, 0) is 21.0 Å². The smallest absolute Gasteiger partial charge is 0.485 e. The number of benzene rings is 1. The molecule has 0 bridgehead atoms. The minimum atomic E-state index is -6.09. The molecule has 4 nitrogen and oxygen atoms in total. The molecule has 1 saturated heterocycles. The Morgan fingerprint density at radius 2 is 1.62 bits per heavy atom. The van der Waals surface area contributed by atoms with Crippen molar-refractivity contribution in [1.29, 1.82) is 0 Å². The summed E-state index contributed by atoms with van der Waals surface area (Å²) >= 11 is 0. The Labute approximate surface area is 156 Å². The zero-order valence-electron chi connectivity index (χ0n) is 15.2. The molecule has 150 valence electrons. The van der Waals surface area contributed by atoms with Crippen LogP contribution in [0.2, 0.25) is 0 Å². The lowest BCUT2D eigenvalue weighted by atomic mass is 10.1. The van der Waals surface area contributed by atoms with Gasteiger partial charge < -0.3 is 9.29 Å². The number of hydrogen-bond donors (Lipinski definition) is 0. The van der Waals surface area contributed by atoms with Gasteiger partial charge in [0.1, 0.15) is 17.3 Å². The Morgan fingerprint density at radius 3 is 2.00 bits per heavy atom. The summed E-state index contributed by atoms with van der Waals surface area (Å²) in [5.41, 5.74) is -3.01. The Kier molecular flexibility index (Phi) is 8.75. The van der Waals surface area contributed by atoms with Crippen LogP contribution in [0.25, 0.3) is 0 Å². The maximum Gasteiger partial charge on any atom is 0.485 e. The molecule has 1 aliphatic heterocycles. The summed E-state index contributed by atoms with van der Waals surface area (Å²) in [7, 11) is -5.57. The van der Waals surface area contributed by atoms with Gasteiger partial charge in [0.2, 0.25) is 0 Å². The number of unbranched alkanes of at least 4 members (excludes halogenated alkanes) is 1. The van der Waals surface area contributed by atoms with E-state index >= 15 is 0 Å². The van der Waals surface area contributed by atoms with Crippen molar-refractivity contribution in [3.63, 3.8) is 0 Å². The Morgan fingerprint density at radius 1 is 1.15 bits per heavy atom. The van der Waals surface area contributed by atoms with Gasteiger partial charge in [0.15, 0.2) is 15.0 Å². The second kappa shape index (κ2) is 9.85. The van der Waals surface area contributed by atoms with Gasteiger partial charge in [-0.2, -0.15) is 13.2 Å². The number of rotatable bonds is 5. The van der Waals surface area contributed by atoms with E-state index in [1.165, 1.54) is 41.9 Å². The first-order valence-corrected chi connectivity index (χ1v) is 11.4. The van der Waals surface area contributed by atoms with Gasteiger partial charge in [0.25, 0.3) is 0 Å². The van der Waals surface area contributed by atoms with Crippen molar-refractivity contribution in [3.8, 4) is 5.75 Å². The van der Waals surface area contributed by atoms with Crippen LogP contribution in [-0.4, -0.2) is 36.6 Å². The predicted molar refractivity (Wildman–Crippen MR) is 96.7 cm³/mol. The van der Waals surface area contributed by atoms with Crippen LogP contribution < -0.4 is 4.74 Å². The Hall–Kier alpha value is -0.930. The third-order valence-electron chi connectivity index (χ3n) is 3.83. The van der Waals surface area contributed by atoms with Gasteiger partial charge in [0.05, 0.1) is 6.61 Å². The highest BCUT2D eigenvalue weighted by Crippen LogP contribution is 2.31. The zero-order valence-corrected chi connectivity index (χ0v) is 16.8. The van der Waals surface area contributed by atoms with E-state index in [4.69, 9.17) is 17.7 Å². The van der Waals surface area contributed by atoms with Crippen molar-refractivity contribution >= 4 is 21.0 Å². The van der Waals surface area contributed by atoms with Crippen LogP contribution in [0.5, 0.6) is 5.75 Å². The van der Waals surface area contributed by atoms with E-state index in [0.29, 0.717) is 10.9 Å². The summed E-state index contributed by atoms with van der Waals surface area (Å²) in [6.07, 6.45) is 5.16. The average molecular weight is 415 g/mol. The molecule has 0 atom stereocenters. The van der Waals surface area contributed by atoms with E-state index in [2.05, 4.69) is 32.9 Å². The number of aryl methyl sites for hydroxylation is 2. The lowest BCUT2D eigenvalue weighted by Crippen LogP contribution is -2.21. The first-order valence-electron chi connectivity index (χ1n) is 8.41. The van der Waals surface area contributed by atoms with Crippen molar-refractivity contribution in [1.82, 2.24) is 0 Å². The standard InChI is InChI=1S/C16H25OS.CHF3O3S/c1-4-5-8-17-16-13(2)11-15(12-14(16)3)18-9-6-7-10-18;2-1(3,4)8(5,6)7/h11-12H,4-10H2,1-3H3;(H,5,6,7)/q+1;/p-1. The summed E-state index contributed by atoms with van der Waals surface area (Å²) in [6.45, 7) is 7.44. The molecule has 1 heterocycles. The lowest BCUT2D eigenvalue weighted by Gasteiger charge is -2.13. The van der Waals surface area contributed by atoms with Gasteiger partial charge in [0, 0.05) is 10.9 Å².